The van der Waals surface area contributed by atoms with Crippen molar-refractivity contribution in [1.82, 2.24) is 9.91 Å². The van der Waals surface area contributed by atoms with E-state index in [-0.39, 0.29) is 24.4 Å². The minimum absolute atomic E-state index is 0.123. The van der Waals surface area contributed by atoms with Crippen molar-refractivity contribution in [3.8, 4) is 0 Å². The van der Waals surface area contributed by atoms with E-state index in [1.807, 2.05) is 20.8 Å². The lowest BCUT2D eigenvalue weighted by atomic mass is 10.1. The first-order chi connectivity index (χ1) is 10.7. The maximum atomic E-state index is 12.2. The first-order valence-electron chi connectivity index (χ1n) is 7.79. The Bertz CT molecular complexity index is 470. The van der Waals surface area contributed by atoms with Gasteiger partial charge in [-0.3, -0.25) is 5.01 Å². The van der Waals surface area contributed by atoms with Crippen molar-refractivity contribution in [1.29, 1.82) is 0 Å². The zero-order chi connectivity index (χ0) is 17.6. The van der Waals surface area contributed by atoms with Gasteiger partial charge in [0, 0.05) is 19.8 Å². The number of hydrogen-bond donors (Lipinski definition) is 0. The van der Waals surface area contributed by atoms with Crippen molar-refractivity contribution in [2.24, 2.45) is 5.10 Å². The summed E-state index contributed by atoms with van der Waals surface area (Å²) in [7, 11) is 0. The van der Waals surface area contributed by atoms with Crippen LogP contribution in [0.2, 0.25) is 0 Å². The number of hydrogen-bond acceptors (Lipinski definition) is 6. The molecule has 23 heavy (non-hydrogen) atoms. The Morgan fingerprint density at radius 2 is 2.04 bits per heavy atom. The van der Waals surface area contributed by atoms with Crippen LogP contribution in [0.25, 0.3) is 0 Å². The number of piperidine rings is 1. The van der Waals surface area contributed by atoms with Crippen LogP contribution in [0.15, 0.2) is 17.4 Å². The van der Waals surface area contributed by atoms with Gasteiger partial charge in [-0.05, 0) is 40.5 Å². The Kier molecular flexibility index (Phi) is 6.60. The van der Waals surface area contributed by atoms with Gasteiger partial charge in [0.15, 0.2) is 0 Å². The van der Waals surface area contributed by atoms with Crippen LogP contribution in [0.3, 0.4) is 0 Å². The van der Waals surface area contributed by atoms with Crippen molar-refractivity contribution in [3.63, 3.8) is 0 Å². The lowest BCUT2D eigenvalue weighted by Gasteiger charge is -2.38. The van der Waals surface area contributed by atoms with Gasteiger partial charge in [0.2, 0.25) is 0 Å². The third-order valence-corrected chi connectivity index (χ3v) is 3.33. The number of amides is 1. The van der Waals surface area contributed by atoms with Gasteiger partial charge in [-0.1, -0.05) is 6.58 Å². The fraction of sp³-hybridized carbons (Fsp3) is 0.688. The molecule has 0 bridgehead atoms. The Morgan fingerprint density at radius 1 is 1.39 bits per heavy atom. The van der Waals surface area contributed by atoms with Crippen LogP contribution in [0.1, 0.15) is 40.5 Å². The fourth-order valence-corrected chi connectivity index (χ4v) is 2.38. The SMILES string of the molecule is C=NN(C(=C)C(=O)OCC)[C@@H]1CCCN(C(=O)OC(C)(C)C)C1. The van der Waals surface area contributed by atoms with Gasteiger partial charge < -0.3 is 14.4 Å². The molecule has 0 aromatic rings. The van der Waals surface area contributed by atoms with Crippen LogP contribution in [-0.4, -0.2) is 60.0 Å². The van der Waals surface area contributed by atoms with Crippen molar-refractivity contribution in [3.05, 3.63) is 12.3 Å². The van der Waals surface area contributed by atoms with Crippen LogP contribution < -0.4 is 0 Å². The molecule has 1 amide bonds. The zero-order valence-electron chi connectivity index (χ0n) is 14.5. The number of carbonyl (C=O) groups excluding carboxylic acids is 2. The van der Waals surface area contributed by atoms with Gasteiger partial charge in [0.05, 0.1) is 12.6 Å². The normalized spacial score (nSPS) is 18.1. The summed E-state index contributed by atoms with van der Waals surface area (Å²) < 4.78 is 10.3. The van der Waals surface area contributed by atoms with Crippen molar-refractivity contribution in [2.45, 2.75) is 52.2 Å². The summed E-state index contributed by atoms with van der Waals surface area (Å²) in [6.07, 6.45) is 1.19. The molecule has 1 aliphatic rings. The van der Waals surface area contributed by atoms with Crippen LogP contribution in [0, 0.1) is 0 Å². The van der Waals surface area contributed by atoms with E-state index in [2.05, 4.69) is 18.4 Å². The summed E-state index contributed by atoms with van der Waals surface area (Å²) in [5.41, 5.74) is -0.424. The molecule has 1 fully saturated rings. The first-order valence-corrected chi connectivity index (χ1v) is 7.79. The molecule has 7 heteroatoms. The molecule has 1 saturated heterocycles. The van der Waals surface area contributed by atoms with Crippen molar-refractivity contribution in [2.75, 3.05) is 19.7 Å². The predicted molar refractivity (Wildman–Crippen MR) is 88.0 cm³/mol. The number of nitrogens with zero attached hydrogens (tertiary/aromatic N) is 3. The van der Waals surface area contributed by atoms with E-state index in [4.69, 9.17) is 9.47 Å². The molecule has 1 heterocycles. The number of likely N-dealkylation sites (tertiary alicyclic amines) is 1. The number of carbonyl (C=O) groups is 2. The van der Waals surface area contributed by atoms with E-state index in [1.165, 1.54) is 5.01 Å². The van der Waals surface area contributed by atoms with Gasteiger partial charge in [-0.15, -0.1) is 0 Å². The topological polar surface area (TPSA) is 71.4 Å². The summed E-state index contributed by atoms with van der Waals surface area (Å²) in [4.78, 5) is 25.7. The standard InChI is InChI=1S/C16H27N3O4/c1-7-22-14(20)12(2)19(17-6)13-9-8-10-18(11-13)15(21)23-16(3,4)5/h13H,2,6-11H2,1,3-5H3/t13-/m1/s1. The molecule has 0 radical (unpaired) electrons. The van der Waals surface area contributed by atoms with Gasteiger partial charge in [0.1, 0.15) is 11.3 Å². The molecule has 0 aromatic carbocycles. The Hall–Kier alpha value is -2.05. The quantitative estimate of drug-likeness (QED) is 0.336. The Labute approximate surface area is 137 Å². The summed E-state index contributed by atoms with van der Waals surface area (Å²) in [6.45, 7) is 15.7. The van der Waals surface area contributed by atoms with E-state index in [9.17, 15) is 9.59 Å². The van der Waals surface area contributed by atoms with Gasteiger partial charge >= 0.3 is 12.1 Å². The molecule has 0 aliphatic carbocycles. The number of esters is 1. The predicted octanol–water partition coefficient (Wildman–Crippen LogP) is 2.38. The van der Waals surface area contributed by atoms with Crippen molar-refractivity contribution >= 4 is 18.8 Å². The van der Waals surface area contributed by atoms with Gasteiger partial charge in [0.25, 0.3) is 0 Å². The van der Waals surface area contributed by atoms with Crippen LogP contribution in [0.5, 0.6) is 0 Å². The molecule has 7 nitrogen and oxygen atoms in total. The zero-order valence-corrected chi connectivity index (χ0v) is 14.5. The maximum absolute atomic E-state index is 12.2. The summed E-state index contributed by atoms with van der Waals surface area (Å²) >= 11 is 0. The highest BCUT2D eigenvalue weighted by molar-refractivity contribution is 5.87. The Morgan fingerprint density at radius 3 is 2.57 bits per heavy atom. The molecule has 130 valence electrons. The van der Waals surface area contributed by atoms with Crippen LogP contribution in [-0.2, 0) is 14.3 Å². The molecule has 0 spiro atoms. The average Bonchev–Trinajstić information content (AvgIpc) is 2.46. The molecular formula is C16H27N3O4. The summed E-state index contributed by atoms with van der Waals surface area (Å²) in [6, 6.07) is -0.175. The highest BCUT2D eigenvalue weighted by atomic mass is 16.6. The van der Waals surface area contributed by atoms with E-state index < -0.39 is 11.6 Å². The number of rotatable bonds is 5. The highest BCUT2D eigenvalue weighted by Crippen LogP contribution is 2.22. The molecule has 1 atom stereocenters. The molecular weight excluding hydrogens is 298 g/mol. The summed E-state index contributed by atoms with van der Waals surface area (Å²) in [5, 5.41) is 5.33. The minimum Gasteiger partial charge on any atom is -0.461 e. The monoisotopic (exact) mass is 325 g/mol. The molecule has 0 unspecified atom stereocenters. The highest BCUT2D eigenvalue weighted by Gasteiger charge is 2.32. The van der Waals surface area contributed by atoms with E-state index >= 15 is 0 Å². The molecule has 1 rings (SSSR count). The lowest BCUT2D eigenvalue weighted by molar-refractivity contribution is -0.140. The second kappa shape index (κ2) is 7.99. The van der Waals surface area contributed by atoms with Crippen LogP contribution >= 0.6 is 0 Å². The maximum Gasteiger partial charge on any atom is 0.410 e. The Balaban J connectivity index is 2.75. The smallest absolute Gasteiger partial charge is 0.410 e. The second-order valence-corrected chi connectivity index (χ2v) is 6.38. The van der Waals surface area contributed by atoms with E-state index in [0.29, 0.717) is 13.1 Å². The first kappa shape index (κ1) is 19.0. The third-order valence-electron chi connectivity index (χ3n) is 3.33. The second-order valence-electron chi connectivity index (χ2n) is 6.38. The summed E-state index contributed by atoms with van der Waals surface area (Å²) in [5.74, 6) is -0.533. The average molecular weight is 325 g/mol. The number of ether oxygens (including phenoxy) is 2. The molecule has 0 aromatic heterocycles. The lowest BCUT2D eigenvalue weighted by Crippen LogP contribution is -2.49. The minimum atomic E-state index is -0.547. The molecule has 0 N–H and O–H groups in total. The number of hydrazone groups is 1. The third kappa shape index (κ3) is 5.58. The fourth-order valence-electron chi connectivity index (χ4n) is 2.38. The molecule has 0 saturated carbocycles. The molecule has 1 aliphatic heterocycles. The van der Waals surface area contributed by atoms with Crippen molar-refractivity contribution < 1.29 is 19.1 Å². The van der Waals surface area contributed by atoms with Crippen LogP contribution in [0.4, 0.5) is 4.79 Å². The largest absolute Gasteiger partial charge is 0.461 e. The van der Waals surface area contributed by atoms with E-state index in [0.717, 1.165) is 12.8 Å². The van der Waals surface area contributed by atoms with E-state index in [1.54, 1.807) is 11.8 Å². The van der Waals surface area contributed by atoms with Gasteiger partial charge in [-0.2, -0.15) is 5.10 Å². The van der Waals surface area contributed by atoms with Gasteiger partial charge in [-0.25, -0.2) is 9.59 Å².